The standard InChI is InChI=1S/C26H42N4O2/c1-2-27-26(29-24-10-13-30(19-24)18-21-6-3-4-7-21)28-17-22-8-5-9-23(16-22)20-32-25-11-14-31-15-12-25/h5,8-9,16,21,24-25H,2-4,6-7,10-15,17-20H2,1H3,(H2,27,28,29). The first kappa shape index (κ1) is 23.5. The molecule has 0 spiro atoms. The van der Waals surface area contributed by atoms with E-state index in [9.17, 15) is 0 Å². The second-order valence-corrected chi connectivity index (χ2v) is 9.68. The number of guanidine groups is 1. The number of hydrogen-bond donors (Lipinski definition) is 2. The number of benzene rings is 1. The molecule has 1 aromatic rings. The van der Waals surface area contributed by atoms with E-state index in [1.54, 1.807) is 0 Å². The molecule has 1 aromatic carbocycles. The molecule has 1 aliphatic carbocycles. The van der Waals surface area contributed by atoms with E-state index in [0.717, 1.165) is 51.0 Å². The third-order valence-corrected chi connectivity index (χ3v) is 7.01. The Hall–Kier alpha value is -1.63. The van der Waals surface area contributed by atoms with Crippen molar-refractivity contribution in [2.45, 2.75) is 77.2 Å². The smallest absolute Gasteiger partial charge is 0.191 e. The van der Waals surface area contributed by atoms with Crippen LogP contribution in [0.3, 0.4) is 0 Å². The van der Waals surface area contributed by atoms with Crippen molar-refractivity contribution in [1.82, 2.24) is 15.5 Å². The minimum atomic E-state index is 0.328. The molecule has 0 bridgehead atoms. The molecule has 4 rings (SSSR count). The Bertz CT molecular complexity index is 714. The number of nitrogens with one attached hydrogen (secondary N) is 2. The molecule has 2 N–H and O–H groups in total. The van der Waals surface area contributed by atoms with Crippen LogP contribution in [-0.2, 0) is 22.6 Å². The Balaban J connectivity index is 1.25. The maximum absolute atomic E-state index is 6.09. The maximum Gasteiger partial charge on any atom is 0.191 e. The Morgan fingerprint density at radius 2 is 1.94 bits per heavy atom. The van der Waals surface area contributed by atoms with Crippen molar-refractivity contribution in [2.24, 2.45) is 10.9 Å². The van der Waals surface area contributed by atoms with E-state index in [4.69, 9.17) is 14.5 Å². The van der Waals surface area contributed by atoms with Crippen LogP contribution < -0.4 is 10.6 Å². The molecule has 0 radical (unpaired) electrons. The molecule has 0 aromatic heterocycles. The van der Waals surface area contributed by atoms with Crippen molar-refractivity contribution in [3.63, 3.8) is 0 Å². The topological polar surface area (TPSA) is 58.1 Å². The summed E-state index contributed by atoms with van der Waals surface area (Å²) in [4.78, 5) is 7.54. The van der Waals surface area contributed by atoms with Crippen LogP contribution in [0.1, 0.15) is 63.0 Å². The molecule has 3 aliphatic rings. The van der Waals surface area contributed by atoms with Crippen molar-refractivity contribution in [3.8, 4) is 0 Å². The van der Waals surface area contributed by atoms with Crippen LogP contribution in [0, 0.1) is 5.92 Å². The first-order valence-electron chi connectivity index (χ1n) is 12.8. The summed E-state index contributed by atoms with van der Waals surface area (Å²) in [6.07, 6.45) is 9.25. The van der Waals surface area contributed by atoms with E-state index < -0.39 is 0 Å². The highest BCUT2D eigenvalue weighted by Gasteiger charge is 2.26. The molecular weight excluding hydrogens is 400 g/mol. The van der Waals surface area contributed by atoms with Gasteiger partial charge in [-0.1, -0.05) is 37.1 Å². The zero-order chi connectivity index (χ0) is 22.0. The number of nitrogens with zero attached hydrogens (tertiary/aromatic N) is 2. The Kier molecular flexibility index (Phi) is 9.24. The minimum absolute atomic E-state index is 0.328. The molecule has 1 unspecified atom stereocenters. The molecule has 32 heavy (non-hydrogen) atoms. The van der Waals surface area contributed by atoms with Gasteiger partial charge in [-0.2, -0.15) is 0 Å². The fraction of sp³-hybridized carbons (Fsp3) is 0.731. The number of likely N-dealkylation sites (tertiary alicyclic amines) is 1. The first-order chi connectivity index (χ1) is 15.8. The molecule has 2 aliphatic heterocycles. The Labute approximate surface area is 194 Å². The largest absolute Gasteiger partial charge is 0.381 e. The van der Waals surface area contributed by atoms with Crippen LogP contribution in [0.15, 0.2) is 29.3 Å². The molecule has 0 amide bonds. The summed E-state index contributed by atoms with van der Waals surface area (Å²) < 4.78 is 11.5. The highest BCUT2D eigenvalue weighted by atomic mass is 16.5. The van der Waals surface area contributed by atoms with Gasteiger partial charge in [0.2, 0.25) is 0 Å². The van der Waals surface area contributed by atoms with E-state index in [1.165, 1.54) is 56.3 Å². The Morgan fingerprint density at radius 1 is 1.12 bits per heavy atom. The lowest BCUT2D eigenvalue weighted by atomic mass is 10.1. The SMILES string of the molecule is CCNC(=NCc1cccc(COC2CCOCC2)c1)NC1CCN(CC2CCCC2)C1. The summed E-state index contributed by atoms with van der Waals surface area (Å²) in [5.74, 6) is 1.86. The average molecular weight is 443 g/mol. The van der Waals surface area contributed by atoms with Gasteiger partial charge in [0.1, 0.15) is 0 Å². The molecule has 178 valence electrons. The molecule has 2 heterocycles. The van der Waals surface area contributed by atoms with Crippen LogP contribution in [0.25, 0.3) is 0 Å². The first-order valence-corrected chi connectivity index (χ1v) is 12.8. The summed E-state index contributed by atoms with van der Waals surface area (Å²) >= 11 is 0. The van der Waals surface area contributed by atoms with Gasteiger partial charge in [0.05, 0.1) is 19.3 Å². The van der Waals surface area contributed by atoms with Crippen LogP contribution in [0.4, 0.5) is 0 Å². The quantitative estimate of drug-likeness (QED) is 0.451. The fourth-order valence-electron chi connectivity index (χ4n) is 5.23. The Morgan fingerprint density at radius 3 is 2.75 bits per heavy atom. The van der Waals surface area contributed by atoms with Gasteiger partial charge in [0, 0.05) is 45.4 Å². The van der Waals surface area contributed by atoms with E-state index in [2.05, 4.69) is 46.7 Å². The molecular formula is C26H42N4O2. The van der Waals surface area contributed by atoms with Crippen molar-refractivity contribution in [2.75, 3.05) is 39.4 Å². The summed E-state index contributed by atoms with van der Waals surface area (Å²) in [5.41, 5.74) is 2.45. The second-order valence-electron chi connectivity index (χ2n) is 9.68. The van der Waals surface area contributed by atoms with Crippen LogP contribution in [-0.4, -0.2) is 62.4 Å². The highest BCUT2D eigenvalue weighted by molar-refractivity contribution is 5.80. The predicted molar refractivity (Wildman–Crippen MR) is 130 cm³/mol. The van der Waals surface area contributed by atoms with Crippen molar-refractivity contribution in [1.29, 1.82) is 0 Å². The molecule has 2 saturated heterocycles. The number of hydrogen-bond acceptors (Lipinski definition) is 4. The van der Waals surface area contributed by atoms with Crippen molar-refractivity contribution < 1.29 is 9.47 Å². The van der Waals surface area contributed by atoms with Gasteiger partial charge in [-0.05, 0) is 56.1 Å². The summed E-state index contributed by atoms with van der Waals surface area (Å²) in [6.45, 7) is 9.63. The lowest BCUT2D eigenvalue weighted by Gasteiger charge is -2.22. The molecule has 3 fully saturated rings. The van der Waals surface area contributed by atoms with Crippen LogP contribution in [0.5, 0.6) is 0 Å². The fourth-order valence-corrected chi connectivity index (χ4v) is 5.23. The van der Waals surface area contributed by atoms with Gasteiger partial charge in [-0.3, -0.25) is 0 Å². The third kappa shape index (κ3) is 7.46. The maximum atomic E-state index is 6.09. The number of ether oxygens (including phenoxy) is 2. The molecule has 6 nitrogen and oxygen atoms in total. The van der Waals surface area contributed by atoms with Crippen molar-refractivity contribution >= 4 is 5.96 Å². The number of aliphatic imine (C=N–C) groups is 1. The predicted octanol–water partition coefficient (Wildman–Crippen LogP) is 3.70. The summed E-state index contributed by atoms with van der Waals surface area (Å²) in [6, 6.07) is 9.14. The van der Waals surface area contributed by atoms with Gasteiger partial charge >= 0.3 is 0 Å². The third-order valence-electron chi connectivity index (χ3n) is 7.01. The average Bonchev–Trinajstić information content (AvgIpc) is 3.50. The minimum Gasteiger partial charge on any atom is -0.381 e. The van der Waals surface area contributed by atoms with E-state index >= 15 is 0 Å². The summed E-state index contributed by atoms with van der Waals surface area (Å²) in [5, 5.41) is 7.12. The molecule has 6 heteroatoms. The second kappa shape index (κ2) is 12.6. The van der Waals surface area contributed by atoms with Gasteiger partial charge in [0.25, 0.3) is 0 Å². The van der Waals surface area contributed by atoms with Crippen LogP contribution in [0.2, 0.25) is 0 Å². The van der Waals surface area contributed by atoms with Crippen molar-refractivity contribution in [3.05, 3.63) is 35.4 Å². The van der Waals surface area contributed by atoms with Crippen LogP contribution >= 0.6 is 0 Å². The lowest BCUT2D eigenvalue weighted by molar-refractivity contribution is -0.0390. The van der Waals surface area contributed by atoms with Gasteiger partial charge in [-0.15, -0.1) is 0 Å². The molecule has 1 saturated carbocycles. The zero-order valence-corrected chi connectivity index (χ0v) is 19.9. The summed E-state index contributed by atoms with van der Waals surface area (Å²) in [7, 11) is 0. The normalized spacial score (nSPS) is 23.7. The zero-order valence-electron chi connectivity index (χ0n) is 19.9. The molecule has 1 atom stereocenters. The highest BCUT2D eigenvalue weighted by Crippen LogP contribution is 2.26. The van der Waals surface area contributed by atoms with E-state index in [1.807, 2.05) is 0 Å². The van der Waals surface area contributed by atoms with Gasteiger partial charge in [-0.25, -0.2) is 4.99 Å². The number of rotatable bonds is 9. The van der Waals surface area contributed by atoms with E-state index in [0.29, 0.717) is 25.3 Å². The monoisotopic (exact) mass is 442 g/mol. The van der Waals surface area contributed by atoms with Gasteiger partial charge < -0.3 is 25.0 Å². The van der Waals surface area contributed by atoms with E-state index in [-0.39, 0.29) is 0 Å². The van der Waals surface area contributed by atoms with Gasteiger partial charge in [0.15, 0.2) is 5.96 Å². The lowest BCUT2D eigenvalue weighted by Crippen LogP contribution is -2.44.